The summed E-state index contributed by atoms with van der Waals surface area (Å²) in [6.07, 6.45) is 1.61. The first-order valence-electron chi connectivity index (χ1n) is 12.2. The highest BCUT2D eigenvalue weighted by molar-refractivity contribution is 5.94. The molecule has 1 aliphatic heterocycles. The number of carbonyl (C=O) groups excluding carboxylic acids is 2. The van der Waals surface area contributed by atoms with Gasteiger partial charge < -0.3 is 14.9 Å². The molecule has 0 bridgehead atoms. The molecule has 3 heterocycles. The van der Waals surface area contributed by atoms with E-state index >= 15 is 0 Å². The van der Waals surface area contributed by atoms with Crippen molar-refractivity contribution in [2.75, 3.05) is 19.6 Å². The lowest BCUT2D eigenvalue weighted by atomic mass is 9.96. The number of piperazine rings is 1. The largest absolute Gasteiger partial charge is 0.381 e. The number of nitrogens with zero attached hydrogens (tertiary/aromatic N) is 5. The van der Waals surface area contributed by atoms with Crippen molar-refractivity contribution in [1.82, 2.24) is 24.4 Å². The molecule has 1 fully saturated rings. The lowest BCUT2D eigenvalue weighted by molar-refractivity contribution is -0.152. The second-order valence-electron chi connectivity index (χ2n) is 11.1. The van der Waals surface area contributed by atoms with Gasteiger partial charge in [0, 0.05) is 30.8 Å². The standard InChI is InChI=1S/C27H34FN5O3/c1-16(2)19-13-21(18-9-8-17(3)20(28)12-18)30-33-14-22(29-23(19)33)24(34)32-11-10-31(15-26(32,4)5)25(35)27(6,7)36/h8-9,12-14,16,36H,10-11,15H2,1-7H3. The van der Waals surface area contributed by atoms with Crippen LogP contribution in [0, 0.1) is 12.7 Å². The van der Waals surface area contributed by atoms with Gasteiger partial charge in [0.05, 0.1) is 17.4 Å². The summed E-state index contributed by atoms with van der Waals surface area (Å²) in [5.41, 5.74) is 1.42. The third kappa shape index (κ3) is 4.72. The highest BCUT2D eigenvalue weighted by Gasteiger charge is 2.42. The van der Waals surface area contributed by atoms with Crippen molar-refractivity contribution in [2.24, 2.45) is 0 Å². The van der Waals surface area contributed by atoms with Crippen LogP contribution in [0.2, 0.25) is 0 Å². The maximum absolute atomic E-state index is 14.2. The molecule has 192 valence electrons. The van der Waals surface area contributed by atoms with E-state index < -0.39 is 11.1 Å². The predicted molar refractivity (Wildman–Crippen MR) is 135 cm³/mol. The highest BCUT2D eigenvalue weighted by atomic mass is 19.1. The SMILES string of the molecule is Cc1ccc(-c2cc(C(C)C)c3nc(C(=O)N4CCN(C(=O)C(C)(C)O)CC4(C)C)cn3n2)cc1F. The number of amides is 2. The number of benzene rings is 1. The molecule has 4 rings (SSSR count). The van der Waals surface area contributed by atoms with Crippen molar-refractivity contribution in [3.8, 4) is 11.3 Å². The number of carbonyl (C=O) groups is 2. The average Bonchev–Trinajstić information content (AvgIpc) is 3.22. The summed E-state index contributed by atoms with van der Waals surface area (Å²) in [4.78, 5) is 34.1. The van der Waals surface area contributed by atoms with Gasteiger partial charge in [-0.3, -0.25) is 9.59 Å². The normalized spacial score (nSPS) is 16.2. The van der Waals surface area contributed by atoms with Crippen molar-refractivity contribution in [3.05, 3.63) is 53.1 Å². The van der Waals surface area contributed by atoms with Gasteiger partial charge in [0.2, 0.25) is 0 Å². The third-order valence-electron chi connectivity index (χ3n) is 6.72. The van der Waals surface area contributed by atoms with Crippen LogP contribution in [0.4, 0.5) is 4.39 Å². The summed E-state index contributed by atoms with van der Waals surface area (Å²) in [7, 11) is 0. The van der Waals surface area contributed by atoms with Gasteiger partial charge in [-0.05, 0) is 58.2 Å². The van der Waals surface area contributed by atoms with Crippen LogP contribution < -0.4 is 0 Å². The Hall–Kier alpha value is -3.33. The average molecular weight is 496 g/mol. The molecule has 1 aromatic carbocycles. The molecule has 2 aromatic heterocycles. The van der Waals surface area contributed by atoms with Crippen LogP contribution in [0.15, 0.2) is 30.5 Å². The Labute approximate surface area is 210 Å². The Morgan fingerprint density at radius 3 is 2.44 bits per heavy atom. The first-order valence-corrected chi connectivity index (χ1v) is 12.2. The molecule has 8 nitrogen and oxygen atoms in total. The number of fused-ring (bicyclic) bond motifs is 1. The lowest BCUT2D eigenvalue weighted by Gasteiger charge is -2.47. The van der Waals surface area contributed by atoms with Crippen LogP contribution in [0.5, 0.6) is 0 Å². The zero-order chi connectivity index (χ0) is 26.6. The fourth-order valence-corrected chi connectivity index (χ4v) is 4.65. The number of aromatic nitrogens is 3. The van der Waals surface area contributed by atoms with E-state index in [-0.39, 0.29) is 29.2 Å². The third-order valence-corrected chi connectivity index (χ3v) is 6.72. The summed E-state index contributed by atoms with van der Waals surface area (Å²) < 4.78 is 15.8. The van der Waals surface area contributed by atoms with Crippen LogP contribution in [-0.4, -0.2) is 72.1 Å². The Morgan fingerprint density at radius 1 is 1.17 bits per heavy atom. The minimum absolute atomic E-state index is 0.0998. The Bertz CT molecular complexity index is 1340. The van der Waals surface area contributed by atoms with Crippen LogP contribution >= 0.6 is 0 Å². The van der Waals surface area contributed by atoms with E-state index in [4.69, 9.17) is 0 Å². The van der Waals surface area contributed by atoms with Crippen molar-refractivity contribution in [3.63, 3.8) is 0 Å². The Kier molecular flexibility index (Phi) is 6.41. The number of imidazole rings is 1. The van der Waals surface area contributed by atoms with Crippen LogP contribution in [0.1, 0.15) is 69.1 Å². The molecule has 36 heavy (non-hydrogen) atoms. The number of hydrogen-bond donors (Lipinski definition) is 1. The van der Waals surface area contributed by atoms with Crippen LogP contribution in [-0.2, 0) is 4.79 Å². The second-order valence-corrected chi connectivity index (χ2v) is 11.1. The lowest BCUT2D eigenvalue weighted by Crippen LogP contribution is -2.64. The number of hydrogen-bond acceptors (Lipinski definition) is 5. The van der Waals surface area contributed by atoms with Gasteiger partial charge >= 0.3 is 0 Å². The van der Waals surface area contributed by atoms with Gasteiger partial charge in [-0.15, -0.1) is 0 Å². The zero-order valence-electron chi connectivity index (χ0n) is 22.0. The summed E-state index contributed by atoms with van der Waals surface area (Å²) in [5.74, 6) is -0.811. The molecule has 0 aliphatic carbocycles. The van der Waals surface area contributed by atoms with E-state index in [0.717, 1.165) is 5.56 Å². The molecule has 0 spiro atoms. The summed E-state index contributed by atoms with van der Waals surface area (Å²) in [5, 5.41) is 14.8. The molecule has 1 N–H and O–H groups in total. The Balaban J connectivity index is 1.69. The molecule has 1 saturated heterocycles. The van der Waals surface area contributed by atoms with Crippen molar-refractivity contribution in [2.45, 2.75) is 65.5 Å². The van der Waals surface area contributed by atoms with E-state index in [2.05, 4.69) is 10.1 Å². The van der Waals surface area contributed by atoms with Crippen molar-refractivity contribution >= 4 is 17.5 Å². The Morgan fingerprint density at radius 2 is 1.86 bits per heavy atom. The van der Waals surface area contributed by atoms with Gasteiger partial charge in [-0.1, -0.05) is 26.0 Å². The van der Waals surface area contributed by atoms with Gasteiger partial charge in [-0.25, -0.2) is 13.9 Å². The molecular formula is C27H34FN5O3. The smallest absolute Gasteiger partial charge is 0.274 e. The van der Waals surface area contributed by atoms with Gasteiger partial charge in [0.1, 0.15) is 17.1 Å². The van der Waals surface area contributed by atoms with Crippen molar-refractivity contribution in [1.29, 1.82) is 0 Å². The number of aliphatic hydroxyl groups is 1. The topological polar surface area (TPSA) is 91.0 Å². The molecule has 9 heteroatoms. The molecule has 0 radical (unpaired) electrons. The first kappa shape index (κ1) is 25.8. The number of rotatable bonds is 4. The van der Waals surface area contributed by atoms with Gasteiger partial charge in [0.25, 0.3) is 11.8 Å². The monoisotopic (exact) mass is 495 g/mol. The minimum atomic E-state index is -1.47. The van der Waals surface area contributed by atoms with E-state index in [1.54, 1.807) is 33.5 Å². The first-order chi connectivity index (χ1) is 16.7. The minimum Gasteiger partial charge on any atom is -0.381 e. The van der Waals surface area contributed by atoms with Gasteiger partial charge in [0.15, 0.2) is 5.65 Å². The summed E-state index contributed by atoms with van der Waals surface area (Å²) >= 11 is 0. The van der Waals surface area contributed by atoms with Crippen LogP contribution in [0.3, 0.4) is 0 Å². The molecule has 0 atom stereocenters. The number of halogens is 1. The second kappa shape index (κ2) is 8.96. The van der Waals surface area contributed by atoms with E-state index in [1.165, 1.54) is 19.9 Å². The molecule has 1 aliphatic rings. The summed E-state index contributed by atoms with van der Waals surface area (Å²) in [6.45, 7) is 13.4. The predicted octanol–water partition coefficient (Wildman–Crippen LogP) is 3.80. The molecule has 0 saturated carbocycles. The zero-order valence-corrected chi connectivity index (χ0v) is 22.0. The quantitative estimate of drug-likeness (QED) is 0.595. The number of aryl methyl sites for hydroxylation is 1. The van der Waals surface area contributed by atoms with E-state index in [0.29, 0.717) is 42.1 Å². The fourth-order valence-electron chi connectivity index (χ4n) is 4.65. The fraction of sp³-hybridized carbons (Fsp3) is 0.481. The summed E-state index contributed by atoms with van der Waals surface area (Å²) in [6, 6.07) is 6.92. The van der Waals surface area contributed by atoms with Crippen molar-refractivity contribution < 1.29 is 19.1 Å². The molecular weight excluding hydrogens is 461 g/mol. The highest BCUT2D eigenvalue weighted by Crippen LogP contribution is 2.29. The molecule has 3 aromatic rings. The van der Waals surface area contributed by atoms with E-state index in [9.17, 15) is 19.1 Å². The molecule has 2 amide bonds. The molecule has 0 unspecified atom stereocenters. The van der Waals surface area contributed by atoms with Gasteiger partial charge in [-0.2, -0.15) is 5.10 Å². The van der Waals surface area contributed by atoms with Crippen LogP contribution in [0.25, 0.3) is 16.9 Å². The van der Waals surface area contributed by atoms with E-state index in [1.807, 2.05) is 39.8 Å². The maximum atomic E-state index is 14.2. The maximum Gasteiger partial charge on any atom is 0.274 e.